The zero-order valence-electron chi connectivity index (χ0n) is 27.8. The van der Waals surface area contributed by atoms with Gasteiger partial charge in [0.25, 0.3) is 0 Å². The lowest BCUT2D eigenvalue weighted by atomic mass is 9.95. The van der Waals surface area contributed by atoms with Crippen LogP contribution in [-0.4, -0.2) is 93.0 Å². The number of carbonyl (C=O) groups is 6. The van der Waals surface area contributed by atoms with E-state index in [0.717, 1.165) is 0 Å². The molecule has 0 radical (unpaired) electrons. The molecule has 0 unspecified atom stereocenters. The Morgan fingerprint density at radius 2 is 0.911 bits per heavy atom. The molecule has 2 aliphatic rings. The number of phenolic OH excluding ortho intramolecular Hbond substituents is 1. The Kier molecular flexibility index (Phi) is 21.8. The van der Waals surface area contributed by atoms with Crippen molar-refractivity contribution in [1.82, 2.24) is 0 Å². The molecule has 0 saturated heterocycles. The molecular formula is C38H38N4O14. The number of carbonyl (C=O) groups excluding carboxylic acids is 6. The predicted octanol–water partition coefficient (Wildman–Crippen LogP) is 2.96. The third-order valence-corrected chi connectivity index (χ3v) is 7.06. The number of aliphatic hydroxyl groups excluding tert-OH is 4. The van der Waals surface area contributed by atoms with Crippen molar-refractivity contribution in [2.24, 2.45) is 20.4 Å². The van der Waals surface area contributed by atoms with E-state index in [-0.39, 0.29) is 65.1 Å². The zero-order chi connectivity index (χ0) is 40.2. The molecule has 0 heterocycles. The molecule has 56 heavy (non-hydrogen) atoms. The van der Waals surface area contributed by atoms with Gasteiger partial charge in [-0.3, -0.25) is 28.8 Å². The number of rotatable bonds is 13. The summed E-state index contributed by atoms with van der Waals surface area (Å²) in [5.74, 6) is -1.66. The van der Waals surface area contributed by atoms with Crippen molar-refractivity contribution < 1.29 is 59.4 Å². The van der Waals surface area contributed by atoms with Crippen LogP contribution < -0.4 is 0 Å². The van der Waals surface area contributed by atoms with Gasteiger partial charge >= 0.3 is 0 Å². The molecule has 0 aliphatic heterocycles. The summed E-state index contributed by atoms with van der Waals surface area (Å²) in [5, 5.41) is 71.3. The number of phenols is 2. The summed E-state index contributed by atoms with van der Waals surface area (Å²) in [7, 11) is 0. The highest BCUT2D eigenvalue weighted by Crippen LogP contribution is 2.25. The van der Waals surface area contributed by atoms with Crippen molar-refractivity contribution in [2.45, 2.75) is 28.1 Å². The van der Waals surface area contributed by atoms with Gasteiger partial charge in [-0.15, -0.1) is 0 Å². The van der Waals surface area contributed by atoms with E-state index in [0.29, 0.717) is 47.4 Å². The van der Waals surface area contributed by atoms with Crippen LogP contribution in [0.25, 0.3) is 0 Å². The highest BCUT2D eigenvalue weighted by Gasteiger charge is 2.20. The SMILES string of the molecule is C.C.O=CC1=CC(=CN=NC=C2C=C(CO)C(=O)C(CO)=C2)C=C(C=O)C1=O.O=Cc1cc(C=NN=Cc2cc(CO)c(O)c(CO)c2)cc(C=O)c1O.O=O. The molecule has 18 heteroatoms. The van der Waals surface area contributed by atoms with Crippen molar-refractivity contribution in [2.75, 3.05) is 13.2 Å². The molecule has 0 aromatic heterocycles. The van der Waals surface area contributed by atoms with Crippen LogP contribution in [0.2, 0.25) is 0 Å². The van der Waals surface area contributed by atoms with E-state index in [1.54, 1.807) is 0 Å². The molecule has 0 bridgehead atoms. The summed E-state index contributed by atoms with van der Waals surface area (Å²) in [6, 6.07) is 5.68. The lowest BCUT2D eigenvalue weighted by Gasteiger charge is -2.11. The number of azo groups is 1. The monoisotopic (exact) mass is 774 g/mol. The van der Waals surface area contributed by atoms with Crippen LogP contribution in [0.5, 0.6) is 11.5 Å². The largest absolute Gasteiger partial charge is 0.507 e. The van der Waals surface area contributed by atoms with Gasteiger partial charge < -0.3 is 30.6 Å². The van der Waals surface area contributed by atoms with Crippen LogP contribution in [0.15, 0.2) is 115 Å². The maximum Gasteiger partial charge on any atom is 0.199 e. The summed E-state index contributed by atoms with van der Waals surface area (Å²) < 4.78 is 0. The minimum atomic E-state index is -0.651. The Bertz CT molecular complexity index is 1980. The first-order valence-corrected chi connectivity index (χ1v) is 15.0. The van der Waals surface area contributed by atoms with Gasteiger partial charge in [0, 0.05) is 32.2 Å². The number of nitrogens with zero attached hydrogens (tertiary/aromatic N) is 4. The fourth-order valence-electron chi connectivity index (χ4n) is 4.50. The van der Waals surface area contributed by atoms with Crippen molar-refractivity contribution in [3.8, 4) is 11.5 Å². The Balaban J connectivity index is 0.00000100. The second kappa shape index (κ2) is 25.0. The van der Waals surface area contributed by atoms with Crippen LogP contribution in [0.4, 0.5) is 0 Å². The maximum absolute atomic E-state index is 11.8. The molecule has 4 rings (SSSR count). The lowest BCUT2D eigenvalue weighted by molar-refractivity contribution is -0.116. The van der Waals surface area contributed by atoms with Crippen molar-refractivity contribution >= 4 is 49.1 Å². The van der Waals surface area contributed by atoms with Crippen LogP contribution >= 0.6 is 0 Å². The number of benzene rings is 2. The number of aliphatic hydroxyl groups is 4. The molecule has 2 aromatic rings. The normalized spacial score (nSPS) is 13.4. The third-order valence-electron chi connectivity index (χ3n) is 7.06. The van der Waals surface area contributed by atoms with Crippen molar-refractivity contribution in [3.63, 3.8) is 0 Å². The van der Waals surface area contributed by atoms with Crippen LogP contribution in [0, 0.1) is 9.93 Å². The number of hydrogen-bond donors (Lipinski definition) is 6. The predicted molar refractivity (Wildman–Crippen MR) is 204 cm³/mol. The molecule has 0 fully saturated rings. The average molecular weight is 775 g/mol. The number of aromatic hydroxyl groups is 2. The van der Waals surface area contributed by atoms with Crippen molar-refractivity contribution in [3.05, 3.63) is 138 Å². The van der Waals surface area contributed by atoms with E-state index in [9.17, 15) is 49.2 Å². The van der Waals surface area contributed by atoms with Crippen LogP contribution in [-0.2, 0) is 32.4 Å². The van der Waals surface area contributed by atoms with Crippen molar-refractivity contribution in [1.29, 1.82) is 0 Å². The number of allylic oxidation sites excluding steroid dienone is 8. The van der Waals surface area contributed by atoms with Gasteiger partial charge in [-0.25, -0.2) is 0 Å². The number of ketones is 2. The van der Waals surface area contributed by atoms with Gasteiger partial charge in [0.1, 0.15) is 11.5 Å². The fraction of sp³-hybridized carbons (Fsp3) is 0.158. The van der Waals surface area contributed by atoms with Crippen LogP contribution in [0.1, 0.15) is 57.8 Å². The Labute approximate surface area is 319 Å². The molecule has 6 N–H and O–H groups in total. The van der Waals surface area contributed by atoms with E-state index in [1.807, 2.05) is 0 Å². The first-order valence-electron chi connectivity index (χ1n) is 15.0. The van der Waals surface area contributed by atoms with Gasteiger partial charge in [0.2, 0.25) is 0 Å². The molecule has 0 atom stereocenters. The second-order valence-corrected chi connectivity index (χ2v) is 10.5. The zero-order valence-corrected chi connectivity index (χ0v) is 27.8. The van der Waals surface area contributed by atoms with Gasteiger partial charge in [0.15, 0.2) is 36.7 Å². The first kappa shape index (κ1) is 48.9. The molecule has 294 valence electrons. The Morgan fingerprint density at radius 3 is 1.27 bits per heavy atom. The quantitative estimate of drug-likeness (QED) is 0.0561. The van der Waals surface area contributed by atoms with E-state index in [4.69, 9.17) is 20.1 Å². The van der Waals surface area contributed by atoms with Gasteiger partial charge in [-0.05, 0) is 70.8 Å². The fourth-order valence-corrected chi connectivity index (χ4v) is 4.50. The topological polar surface area (TPSA) is 307 Å². The molecule has 0 amide bonds. The summed E-state index contributed by atoms with van der Waals surface area (Å²) in [6.07, 6.45) is 12.1. The number of aldehydes is 4. The van der Waals surface area contributed by atoms with Gasteiger partial charge in [-0.2, -0.15) is 20.4 Å². The summed E-state index contributed by atoms with van der Waals surface area (Å²) in [6.45, 7) is -1.75. The molecule has 0 saturated carbocycles. The molecule has 2 aromatic carbocycles. The summed E-state index contributed by atoms with van der Waals surface area (Å²) in [4.78, 5) is 80.9. The number of Topliss-reactive ketones (excluding diaryl/α,β-unsaturated/α-hetero) is 2. The minimum Gasteiger partial charge on any atom is -0.507 e. The third kappa shape index (κ3) is 13.1. The molecule has 0 spiro atoms. The standard InChI is InChI=1S/C18H16N2O6.C18H14N2O6.2CH4.O2/c2*21-7-13-1-11(2-14(8-22)17(13)25)5-19-20-6-12-3-15(9-23)18(26)16(4-12)10-24;;;1-2/h1-8,23-26H,9-10H2;1-8,23-24H,9-10H2;2*1H4;. The van der Waals surface area contributed by atoms with Gasteiger partial charge in [0.05, 0.1) is 73.5 Å². The summed E-state index contributed by atoms with van der Waals surface area (Å²) in [5.41, 5.74) is 2.01. The average Bonchev–Trinajstić information content (AvgIpc) is 3.20. The van der Waals surface area contributed by atoms with E-state index >= 15 is 0 Å². The highest BCUT2D eigenvalue weighted by molar-refractivity contribution is 6.28. The van der Waals surface area contributed by atoms with E-state index < -0.39 is 43.7 Å². The molecular weight excluding hydrogens is 736 g/mol. The Hall–Kier alpha value is -7.12. The molecule has 2 aliphatic carbocycles. The number of hydrogen-bond acceptors (Lipinski definition) is 18. The van der Waals surface area contributed by atoms with Crippen LogP contribution in [0.3, 0.4) is 0 Å². The van der Waals surface area contributed by atoms with Gasteiger partial charge in [-0.1, -0.05) is 14.9 Å². The molecule has 18 nitrogen and oxygen atoms in total. The van der Waals surface area contributed by atoms with E-state index in [1.165, 1.54) is 73.4 Å². The maximum atomic E-state index is 11.8. The highest BCUT2D eigenvalue weighted by atomic mass is 16.7. The van der Waals surface area contributed by atoms with E-state index in [2.05, 4.69) is 20.4 Å². The Morgan fingerprint density at radius 1 is 0.518 bits per heavy atom. The minimum absolute atomic E-state index is 0. The second-order valence-electron chi connectivity index (χ2n) is 10.5. The smallest absolute Gasteiger partial charge is 0.199 e. The summed E-state index contributed by atoms with van der Waals surface area (Å²) >= 11 is 0. The first-order chi connectivity index (χ1) is 26.1. The lowest BCUT2D eigenvalue weighted by Crippen LogP contribution is -2.15.